The first-order valence-electron chi connectivity index (χ1n) is 7.12. The van der Waals surface area contributed by atoms with Crippen LogP contribution in [-0.4, -0.2) is 6.61 Å². The van der Waals surface area contributed by atoms with E-state index < -0.39 is 6.61 Å². The van der Waals surface area contributed by atoms with Gasteiger partial charge in [-0.1, -0.05) is 54.5 Å². The number of halogens is 2. The fourth-order valence-corrected chi connectivity index (χ4v) is 1.61. The van der Waals surface area contributed by atoms with E-state index in [0.717, 1.165) is 12.0 Å². The van der Waals surface area contributed by atoms with Crippen LogP contribution in [0.25, 0.3) is 0 Å². The van der Waals surface area contributed by atoms with Crippen molar-refractivity contribution >= 4 is 0 Å². The molecule has 3 heteroatoms. The molecule has 1 aromatic rings. The number of rotatable bonds is 4. The minimum atomic E-state index is -2.75. The molecule has 0 aliphatic rings. The van der Waals surface area contributed by atoms with Gasteiger partial charge in [0.25, 0.3) is 0 Å². The Bertz CT molecular complexity index is 323. The third-order valence-electron chi connectivity index (χ3n) is 2.35. The summed E-state index contributed by atoms with van der Waals surface area (Å²) in [5, 5.41) is 0. The lowest BCUT2D eigenvalue weighted by Gasteiger charge is -2.13. The summed E-state index contributed by atoms with van der Waals surface area (Å²) in [4.78, 5) is 0. The summed E-state index contributed by atoms with van der Waals surface area (Å²) < 4.78 is 28.4. The monoisotopic (exact) mass is 274 g/mol. The Kier molecular flexibility index (Phi) is 12.7. The van der Waals surface area contributed by atoms with Crippen LogP contribution in [0.2, 0.25) is 0 Å². The van der Waals surface area contributed by atoms with Crippen molar-refractivity contribution in [3.05, 3.63) is 29.3 Å². The third-order valence-corrected chi connectivity index (χ3v) is 2.35. The Morgan fingerprint density at radius 2 is 1.58 bits per heavy atom. The number of hydrogen-bond acceptors (Lipinski definition) is 1. The molecule has 0 amide bonds. The maximum atomic E-state index is 12.0. The maximum Gasteiger partial charge on any atom is 0.387 e. The number of ether oxygens (including phenoxy) is 1. The highest BCUT2D eigenvalue weighted by molar-refractivity contribution is 5.37. The second kappa shape index (κ2) is 11.9. The minimum Gasteiger partial charge on any atom is -0.435 e. The van der Waals surface area contributed by atoms with Crippen LogP contribution in [0.5, 0.6) is 5.75 Å². The Morgan fingerprint density at radius 3 is 1.95 bits per heavy atom. The largest absolute Gasteiger partial charge is 0.435 e. The number of benzene rings is 1. The van der Waals surface area contributed by atoms with E-state index in [9.17, 15) is 8.78 Å². The van der Waals surface area contributed by atoms with Crippen molar-refractivity contribution < 1.29 is 13.5 Å². The lowest BCUT2D eigenvalue weighted by atomic mass is 9.95. The van der Waals surface area contributed by atoms with Gasteiger partial charge >= 0.3 is 6.61 Å². The molecular weight excluding hydrogens is 246 g/mol. The summed E-state index contributed by atoms with van der Waals surface area (Å²) in [5.74, 6) is 0.562. The first kappa shape index (κ1) is 20.2. The number of aryl methyl sites for hydroxylation is 1. The summed E-state index contributed by atoms with van der Waals surface area (Å²) in [6, 6.07) is 5.15. The molecule has 0 unspecified atom stereocenters. The lowest BCUT2D eigenvalue weighted by Crippen LogP contribution is -2.03. The average molecular weight is 274 g/mol. The van der Waals surface area contributed by atoms with Crippen LogP contribution in [0.4, 0.5) is 8.78 Å². The zero-order valence-corrected chi connectivity index (χ0v) is 13.3. The van der Waals surface area contributed by atoms with Gasteiger partial charge in [0.15, 0.2) is 0 Å². The fourth-order valence-electron chi connectivity index (χ4n) is 1.61. The standard InChI is InChI=1S/C12H16F2O.2C2H6/c1-4-9-5-6-10(15-12(13)14)7-11(9)8(2)3;2*1-2/h5-8,12H,4H2,1-3H3;2*1-2H3. The highest BCUT2D eigenvalue weighted by atomic mass is 19.3. The van der Waals surface area contributed by atoms with Crippen LogP contribution < -0.4 is 4.74 Å². The number of alkyl halides is 2. The molecular formula is C16H28F2O. The van der Waals surface area contributed by atoms with Crippen LogP contribution in [0.15, 0.2) is 18.2 Å². The van der Waals surface area contributed by atoms with Crippen molar-refractivity contribution in [2.75, 3.05) is 0 Å². The molecule has 0 bridgehead atoms. The molecule has 0 N–H and O–H groups in total. The SMILES string of the molecule is CC.CC.CCc1ccc(OC(F)F)cc1C(C)C. The van der Waals surface area contributed by atoms with E-state index in [-0.39, 0.29) is 5.75 Å². The first-order chi connectivity index (χ1) is 9.04. The smallest absolute Gasteiger partial charge is 0.387 e. The van der Waals surface area contributed by atoms with Gasteiger partial charge in [0.1, 0.15) is 5.75 Å². The van der Waals surface area contributed by atoms with Gasteiger partial charge in [-0.15, -0.1) is 0 Å². The Balaban J connectivity index is 0. The molecule has 112 valence electrons. The van der Waals surface area contributed by atoms with Crippen molar-refractivity contribution in [2.45, 2.75) is 67.4 Å². The summed E-state index contributed by atoms with van der Waals surface area (Å²) >= 11 is 0. The Hall–Kier alpha value is -1.12. The molecule has 0 saturated heterocycles. The zero-order valence-electron chi connectivity index (χ0n) is 13.3. The topological polar surface area (TPSA) is 9.23 Å². The van der Waals surface area contributed by atoms with Crippen LogP contribution in [0.1, 0.15) is 65.5 Å². The van der Waals surface area contributed by atoms with E-state index in [0.29, 0.717) is 5.92 Å². The van der Waals surface area contributed by atoms with E-state index in [1.54, 1.807) is 12.1 Å². The van der Waals surface area contributed by atoms with E-state index >= 15 is 0 Å². The summed E-state index contributed by atoms with van der Waals surface area (Å²) in [6.45, 7) is 11.4. The van der Waals surface area contributed by atoms with Crippen LogP contribution in [0, 0.1) is 0 Å². The van der Waals surface area contributed by atoms with Gasteiger partial charge < -0.3 is 4.74 Å². The molecule has 1 nitrogen and oxygen atoms in total. The average Bonchev–Trinajstić information content (AvgIpc) is 2.42. The van der Waals surface area contributed by atoms with Crippen molar-refractivity contribution in [1.29, 1.82) is 0 Å². The molecule has 1 aromatic carbocycles. The Labute approximate surface area is 117 Å². The van der Waals surface area contributed by atoms with Crippen molar-refractivity contribution in [3.63, 3.8) is 0 Å². The molecule has 0 fully saturated rings. The van der Waals surface area contributed by atoms with E-state index in [1.165, 1.54) is 5.56 Å². The van der Waals surface area contributed by atoms with Gasteiger partial charge in [-0.3, -0.25) is 0 Å². The summed E-state index contributed by atoms with van der Waals surface area (Å²) in [5.41, 5.74) is 2.27. The molecule has 0 spiro atoms. The van der Waals surface area contributed by atoms with Crippen LogP contribution in [0.3, 0.4) is 0 Å². The summed E-state index contributed by atoms with van der Waals surface area (Å²) in [6.07, 6.45) is 0.905. The van der Waals surface area contributed by atoms with E-state index in [2.05, 4.69) is 11.7 Å². The Morgan fingerprint density at radius 1 is 1.05 bits per heavy atom. The quantitative estimate of drug-likeness (QED) is 0.651. The summed E-state index contributed by atoms with van der Waals surface area (Å²) in [7, 11) is 0. The lowest BCUT2D eigenvalue weighted by molar-refractivity contribution is -0.0499. The van der Waals surface area contributed by atoms with Gasteiger partial charge in [-0.25, -0.2) is 0 Å². The first-order valence-corrected chi connectivity index (χ1v) is 7.12. The highest BCUT2D eigenvalue weighted by Gasteiger charge is 2.09. The van der Waals surface area contributed by atoms with E-state index in [1.807, 2.05) is 47.6 Å². The normalized spacial score (nSPS) is 9.42. The molecule has 0 saturated carbocycles. The molecule has 0 radical (unpaired) electrons. The van der Waals surface area contributed by atoms with Gasteiger partial charge in [0.2, 0.25) is 0 Å². The minimum absolute atomic E-state index is 0.242. The molecule has 19 heavy (non-hydrogen) atoms. The molecule has 0 aromatic heterocycles. The van der Waals surface area contributed by atoms with Crippen LogP contribution >= 0.6 is 0 Å². The molecule has 1 rings (SSSR count). The van der Waals surface area contributed by atoms with Gasteiger partial charge in [-0.05, 0) is 35.6 Å². The number of hydrogen-bond donors (Lipinski definition) is 0. The highest BCUT2D eigenvalue weighted by Crippen LogP contribution is 2.26. The predicted octanol–water partition coefficient (Wildman–Crippen LogP) is 6.03. The van der Waals surface area contributed by atoms with Crippen LogP contribution in [-0.2, 0) is 6.42 Å². The maximum absolute atomic E-state index is 12.0. The molecule has 0 aliphatic carbocycles. The third kappa shape index (κ3) is 7.81. The van der Waals surface area contributed by atoms with E-state index in [4.69, 9.17) is 0 Å². The second-order valence-corrected chi connectivity index (χ2v) is 3.75. The van der Waals surface area contributed by atoms with Crippen molar-refractivity contribution in [3.8, 4) is 5.75 Å². The second-order valence-electron chi connectivity index (χ2n) is 3.75. The van der Waals surface area contributed by atoms with Gasteiger partial charge in [0, 0.05) is 0 Å². The van der Waals surface area contributed by atoms with Crippen molar-refractivity contribution in [1.82, 2.24) is 0 Å². The fraction of sp³-hybridized carbons (Fsp3) is 0.625. The molecule has 0 atom stereocenters. The predicted molar refractivity (Wildman–Crippen MR) is 79.2 cm³/mol. The molecule has 0 aliphatic heterocycles. The zero-order chi connectivity index (χ0) is 15.4. The van der Waals surface area contributed by atoms with Crippen molar-refractivity contribution in [2.24, 2.45) is 0 Å². The van der Waals surface area contributed by atoms with Gasteiger partial charge in [-0.2, -0.15) is 8.78 Å². The van der Waals surface area contributed by atoms with Gasteiger partial charge in [0.05, 0.1) is 0 Å². The molecule has 0 heterocycles.